The van der Waals surface area contributed by atoms with Crippen molar-refractivity contribution in [3.05, 3.63) is 113 Å². The number of rotatable bonds is 8. The van der Waals surface area contributed by atoms with Crippen molar-refractivity contribution in [1.29, 1.82) is 0 Å². The first-order valence-corrected chi connectivity index (χ1v) is 13.0. The number of benzene rings is 2. The monoisotopic (exact) mass is 552 g/mol. The van der Waals surface area contributed by atoms with Gasteiger partial charge in [-0.25, -0.2) is 4.39 Å². The number of carbonyl (C=O) groups excluding carboxylic acids is 2. The van der Waals surface area contributed by atoms with Crippen molar-refractivity contribution in [2.24, 2.45) is 0 Å². The van der Waals surface area contributed by atoms with E-state index in [2.05, 4.69) is 20.9 Å². The van der Waals surface area contributed by atoms with Gasteiger partial charge < -0.3 is 25.1 Å². The number of amides is 2. The Morgan fingerprint density at radius 2 is 1.83 bits per heavy atom. The van der Waals surface area contributed by atoms with Gasteiger partial charge in [-0.05, 0) is 79.7 Å². The first-order chi connectivity index (χ1) is 19.8. The fraction of sp³-hybridized carbons (Fsp3) is 0.161. The van der Waals surface area contributed by atoms with Crippen molar-refractivity contribution in [2.45, 2.75) is 19.5 Å². The van der Waals surface area contributed by atoms with E-state index in [0.717, 1.165) is 22.2 Å². The van der Waals surface area contributed by atoms with Crippen molar-refractivity contribution in [3.63, 3.8) is 0 Å². The summed E-state index contributed by atoms with van der Waals surface area (Å²) in [5.74, 6) is -0.905. The van der Waals surface area contributed by atoms with Gasteiger partial charge in [-0.2, -0.15) is 0 Å². The second-order valence-electron chi connectivity index (χ2n) is 9.62. The molecule has 2 aromatic carbocycles. The summed E-state index contributed by atoms with van der Waals surface area (Å²) in [7, 11) is 3.22. The van der Waals surface area contributed by atoms with Crippen LogP contribution in [0.2, 0.25) is 0 Å². The number of carbonyl (C=O) groups is 2. The van der Waals surface area contributed by atoms with E-state index in [-0.39, 0.29) is 29.9 Å². The number of pyridine rings is 2. The summed E-state index contributed by atoms with van der Waals surface area (Å²) in [6.45, 7) is 1.83. The van der Waals surface area contributed by atoms with Crippen LogP contribution < -0.4 is 21.5 Å². The van der Waals surface area contributed by atoms with Crippen molar-refractivity contribution < 1.29 is 14.0 Å². The van der Waals surface area contributed by atoms with Crippen LogP contribution >= 0.6 is 0 Å². The lowest BCUT2D eigenvalue weighted by molar-refractivity contribution is -0.117. The van der Waals surface area contributed by atoms with E-state index >= 15 is 0 Å². The molecule has 0 aliphatic carbocycles. The quantitative estimate of drug-likeness (QED) is 0.270. The summed E-state index contributed by atoms with van der Waals surface area (Å²) in [5, 5.41) is 8.95. The lowest BCUT2D eigenvalue weighted by Crippen LogP contribution is -2.37. The van der Waals surface area contributed by atoms with Gasteiger partial charge in [-0.3, -0.25) is 19.4 Å². The maximum Gasteiger partial charge on any atom is 0.275 e. The van der Waals surface area contributed by atoms with Crippen LogP contribution in [0.3, 0.4) is 0 Å². The number of likely N-dealkylation sites (N-methyl/N-ethyl adjacent to an activating group) is 1. The number of hydrogen-bond donors (Lipinski definition) is 3. The number of anilines is 1. The molecule has 3 heterocycles. The summed E-state index contributed by atoms with van der Waals surface area (Å²) in [5.41, 5.74) is 3.68. The van der Waals surface area contributed by atoms with Crippen LogP contribution in [0.4, 0.5) is 10.1 Å². The van der Waals surface area contributed by atoms with Crippen LogP contribution in [0.25, 0.3) is 27.8 Å². The number of hydrogen-bond acceptors (Lipinski definition) is 5. The lowest BCUT2D eigenvalue weighted by atomic mass is 10.1. The summed E-state index contributed by atoms with van der Waals surface area (Å²) in [6.07, 6.45) is 5.20. The molecule has 5 aromatic rings. The van der Waals surface area contributed by atoms with E-state index in [1.165, 1.54) is 12.1 Å². The Balaban J connectivity index is 1.59. The average Bonchev–Trinajstić information content (AvgIpc) is 3.41. The largest absolute Gasteiger partial charge is 0.355 e. The molecule has 3 aromatic heterocycles. The number of fused-ring (bicyclic) bond motifs is 1. The Hall–Kier alpha value is -5.09. The third-order valence-corrected chi connectivity index (χ3v) is 6.96. The van der Waals surface area contributed by atoms with Gasteiger partial charge in [0.25, 0.3) is 11.5 Å². The summed E-state index contributed by atoms with van der Waals surface area (Å²) >= 11 is 0. The molecule has 0 saturated heterocycles. The van der Waals surface area contributed by atoms with Crippen LogP contribution in [0.15, 0.2) is 90.1 Å². The molecule has 208 valence electrons. The third kappa shape index (κ3) is 5.64. The molecule has 10 heteroatoms. The maximum atomic E-state index is 13.8. The Labute approximate surface area is 235 Å². The smallest absolute Gasteiger partial charge is 0.275 e. The summed E-state index contributed by atoms with van der Waals surface area (Å²) in [6, 6.07) is 18.1. The fourth-order valence-corrected chi connectivity index (χ4v) is 4.63. The predicted octanol–water partition coefficient (Wildman–Crippen LogP) is 3.95. The molecule has 0 fully saturated rings. The Morgan fingerprint density at radius 3 is 2.61 bits per heavy atom. The standard InChI is InChI=1S/C31H29FN6O3/c1-19(33-2)29(39)36-26-8-10-28(21-5-4-6-23(14-21)30(40)34-3)38(31(26)41)18-20-13-25(17-35-16-20)37-12-11-22-15-24(32)7-9-27(22)37/h4-17,19,33H,18H2,1-3H3,(H,34,40)(H,36,39)/t19-/m1/s1. The highest BCUT2D eigenvalue weighted by Gasteiger charge is 2.17. The zero-order valence-electron chi connectivity index (χ0n) is 22.8. The molecular weight excluding hydrogens is 523 g/mol. The summed E-state index contributed by atoms with van der Waals surface area (Å²) < 4.78 is 17.2. The summed E-state index contributed by atoms with van der Waals surface area (Å²) in [4.78, 5) is 43.1. The second kappa shape index (κ2) is 11.6. The molecule has 0 aliphatic rings. The van der Waals surface area contributed by atoms with Gasteiger partial charge in [0.15, 0.2) is 0 Å². The van der Waals surface area contributed by atoms with Crippen LogP contribution in [0.5, 0.6) is 0 Å². The normalized spacial score (nSPS) is 11.8. The van der Waals surface area contributed by atoms with E-state index in [1.807, 2.05) is 29.0 Å². The maximum absolute atomic E-state index is 13.8. The van der Waals surface area contributed by atoms with E-state index in [4.69, 9.17) is 0 Å². The molecule has 0 spiro atoms. The molecule has 5 rings (SSSR count). The lowest BCUT2D eigenvalue weighted by Gasteiger charge is -2.17. The van der Waals surface area contributed by atoms with Gasteiger partial charge in [-0.15, -0.1) is 0 Å². The van der Waals surface area contributed by atoms with E-state index < -0.39 is 11.6 Å². The highest BCUT2D eigenvalue weighted by Crippen LogP contribution is 2.24. The minimum absolute atomic E-state index is 0.130. The molecule has 0 radical (unpaired) electrons. The predicted molar refractivity (Wildman–Crippen MR) is 157 cm³/mol. The first-order valence-electron chi connectivity index (χ1n) is 13.0. The van der Waals surface area contributed by atoms with Gasteiger partial charge in [0.05, 0.1) is 35.7 Å². The molecule has 2 amide bonds. The van der Waals surface area contributed by atoms with Crippen LogP contribution in [-0.4, -0.2) is 46.1 Å². The van der Waals surface area contributed by atoms with E-state index in [0.29, 0.717) is 16.8 Å². The van der Waals surface area contributed by atoms with E-state index in [1.54, 1.807) is 74.4 Å². The number of halogens is 1. The van der Waals surface area contributed by atoms with Crippen molar-refractivity contribution in [3.8, 4) is 16.9 Å². The van der Waals surface area contributed by atoms with Gasteiger partial charge in [-0.1, -0.05) is 12.1 Å². The molecule has 41 heavy (non-hydrogen) atoms. The Bertz CT molecular complexity index is 1830. The van der Waals surface area contributed by atoms with Crippen LogP contribution in [0.1, 0.15) is 22.8 Å². The highest BCUT2D eigenvalue weighted by molar-refractivity contribution is 5.96. The molecule has 0 aliphatic heterocycles. The molecule has 1 atom stereocenters. The second-order valence-corrected chi connectivity index (χ2v) is 9.62. The topological polar surface area (TPSA) is 110 Å². The van der Waals surface area contributed by atoms with E-state index in [9.17, 15) is 18.8 Å². The van der Waals surface area contributed by atoms with Gasteiger partial charge >= 0.3 is 0 Å². The zero-order chi connectivity index (χ0) is 29.1. The third-order valence-electron chi connectivity index (χ3n) is 6.96. The van der Waals surface area contributed by atoms with Crippen LogP contribution in [-0.2, 0) is 11.3 Å². The molecule has 0 bridgehead atoms. The van der Waals surface area contributed by atoms with Crippen molar-refractivity contribution in [2.75, 3.05) is 19.4 Å². The molecule has 0 saturated carbocycles. The van der Waals surface area contributed by atoms with Gasteiger partial charge in [0.1, 0.15) is 11.5 Å². The Morgan fingerprint density at radius 1 is 1.00 bits per heavy atom. The fourth-order valence-electron chi connectivity index (χ4n) is 4.63. The molecule has 0 unspecified atom stereocenters. The molecule has 9 nitrogen and oxygen atoms in total. The van der Waals surface area contributed by atoms with Gasteiger partial charge in [0.2, 0.25) is 5.91 Å². The number of nitrogens with one attached hydrogen (secondary N) is 3. The number of nitrogens with zero attached hydrogens (tertiary/aromatic N) is 3. The molecule has 3 N–H and O–H groups in total. The zero-order valence-corrected chi connectivity index (χ0v) is 22.8. The minimum Gasteiger partial charge on any atom is -0.355 e. The SMILES string of the molecule is CNC(=O)c1cccc(-c2ccc(NC(=O)[C@@H](C)NC)c(=O)n2Cc2cncc(-n3ccc4cc(F)ccc43)c2)c1. The average molecular weight is 553 g/mol. The first kappa shape index (κ1) is 27.5. The highest BCUT2D eigenvalue weighted by atomic mass is 19.1. The Kier molecular flexibility index (Phi) is 7.75. The number of aromatic nitrogens is 3. The van der Waals surface area contributed by atoms with Crippen molar-refractivity contribution in [1.82, 2.24) is 24.8 Å². The van der Waals surface area contributed by atoms with Gasteiger partial charge in [0, 0.05) is 30.4 Å². The molecular formula is C31H29FN6O3. The van der Waals surface area contributed by atoms with Crippen LogP contribution in [0, 0.1) is 5.82 Å². The van der Waals surface area contributed by atoms with Crippen molar-refractivity contribution >= 4 is 28.4 Å². The minimum atomic E-state index is -0.502.